The van der Waals surface area contributed by atoms with Crippen molar-refractivity contribution in [1.29, 1.82) is 0 Å². The van der Waals surface area contributed by atoms with Crippen LogP contribution in [0.5, 0.6) is 0 Å². The zero-order valence-electron chi connectivity index (χ0n) is 10.6. The molecule has 90 valence electrons. The van der Waals surface area contributed by atoms with Gasteiger partial charge in [-0.05, 0) is 31.6 Å². The first-order chi connectivity index (χ1) is 6.82. The summed E-state index contributed by atoms with van der Waals surface area (Å²) in [6.45, 7) is 10.2. The van der Waals surface area contributed by atoms with Crippen molar-refractivity contribution in [2.75, 3.05) is 0 Å². The maximum Gasteiger partial charge on any atom is 0.323 e. The molecule has 0 spiro atoms. The Morgan fingerprint density at radius 1 is 1.07 bits per heavy atom. The van der Waals surface area contributed by atoms with Crippen LogP contribution in [0, 0.1) is 11.8 Å². The minimum Gasteiger partial charge on any atom is -0.462 e. The molecule has 1 unspecified atom stereocenters. The van der Waals surface area contributed by atoms with Crippen molar-refractivity contribution < 1.29 is 9.53 Å². The molecule has 0 heterocycles. The van der Waals surface area contributed by atoms with Gasteiger partial charge in [0.2, 0.25) is 0 Å². The average Bonchev–Trinajstić information content (AvgIpc) is 2.00. The molecule has 0 aliphatic carbocycles. The number of rotatable bonds is 6. The van der Waals surface area contributed by atoms with E-state index in [1.165, 1.54) is 0 Å². The Bertz CT molecular complexity index is 190. The predicted molar refractivity (Wildman–Crippen MR) is 62.4 cm³/mol. The third kappa shape index (κ3) is 7.37. The average molecular weight is 215 g/mol. The maximum absolute atomic E-state index is 11.5. The molecule has 0 amide bonds. The monoisotopic (exact) mass is 215 g/mol. The number of carbonyl (C=O) groups excluding carboxylic acids is 1. The summed E-state index contributed by atoms with van der Waals surface area (Å²) in [5.74, 6) is 0.693. The largest absolute Gasteiger partial charge is 0.462 e. The van der Waals surface area contributed by atoms with Crippen molar-refractivity contribution in [3.63, 3.8) is 0 Å². The van der Waals surface area contributed by atoms with Gasteiger partial charge in [0.15, 0.2) is 0 Å². The third-order valence-corrected chi connectivity index (χ3v) is 2.15. The van der Waals surface area contributed by atoms with E-state index in [-0.39, 0.29) is 12.1 Å². The topological polar surface area (TPSA) is 52.3 Å². The number of hydrogen-bond donors (Lipinski definition) is 1. The first kappa shape index (κ1) is 14.4. The van der Waals surface area contributed by atoms with E-state index in [0.29, 0.717) is 18.3 Å². The normalized spacial score (nSPS) is 15.5. The second-order valence-electron chi connectivity index (χ2n) is 5.11. The highest BCUT2D eigenvalue weighted by Crippen LogP contribution is 2.10. The smallest absolute Gasteiger partial charge is 0.323 e. The highest BCUT2D eigenvalue weighted by Gasteiger charge is 2.19. The van der Waals surface area contributed by atoms with Gasteiger partial charge in [-0.2, -0.15) is 0 Å². The lowest BCUT2D eigenvalue weighted by atomic mass is 10.0. The van der Waals surface area contributed by atoms with Crippen LogP contribution in [-0.2, 0) is 9.53 Å². The van der Waals surface area contributed by atoms with E-state index in [1.807, 2.05) is 20.8 Å². The van der Waals surface area contributed by atoms with Crippen LogP contribution in [0.15, 0.2) is 0 Å². The van der Waals surface area contributed by atoms with Crippen LogP contribution in [0.3, 0.4) is 0 Å². The standard InChI is InChI=1S/C12H25NO2/c1-8(2)6-10(5)15-12(14)11(13)7-9(3)4/h8-11H,6-7,13H2,1-5H3/t10?,11-/m0/s1. The summed E-state index contributed by atoms with van der Waals surface area (Å²) in [5.41, 5.74) is 5.72. The molecule has 0 fully saturated rings. The van der Waals surface area contributed by atoms with Crippen LogP contribution in [0.2, 0.25) is 0 Å². The highest BCUT2D eigenvalue weighted by atomic mass is 16.5. The number of hydrogen-bond acceptors (Lipinski definition) is 3. The zero-order valence-corrected chi connectivity index (χ0v) is 10.6. The van der Waals surface area contributed by atoms with Crippen LogP contribution in [0.25, 0.3) is 0 Å². The molecule has 0 aromatic carbocycles. The molecular formula is C12H25NO2. The predicted octanol–water partition coefficient (Wildman–Crippen LogP) is 2.34. The molecule has 0 aliphatic rings. The Labute approximate surface area is 93.4 Å². The Morgan fingerprint density at radius 2 is 1.53 bits per heavy atom. The Hall–Kier alpha value is -0.570. The molecule has 0 aromatic rings. The SMILES string of the molecule is CC(C)CC(C)OC(=O)[C@@H](N)CC(C)C. The molecule has 2 atom stereocenters. The summed E-state index contributed by atoms with van der Waals surface area (Å²) in [6.07, 6.45) is 1.55. The second-order valence-corrected chi connectivity index (χ2v) is 5.11. The molecular weight excluding hydrogens is 190 g/mol. The van der Waals surface area contributed by atoms with Crippen LogP contribution in [0.1, 0.15) is 47.5 Å². The summed E-state index contributed by atoms with van der Waals surface area (Å²) < 4.78 is 5.26. The lowest BCUT2D eigenvalue weighted by Gasteiger charge is -2.19. The molecule has 0 aliphatic heterocycles. The fourth-order valence-electron chi connectivity index (χ4n) is 1.60. The van der Waals surface area contributed by atoms with Crippen molar-refractivity contribution in [3.05, 3.63) is 0 Å². The molecule has 0 radical (unpaired) electrons. The van der Waals surface area contributed by atoms with E-state index in [4.69, 9.17) is 10.5 Å². The number of carbonyl (C=O) groups is 1. The minimum absolute atomic E-state index is 0.0317. The lowest BCUT2D eigenvalue weighted by Crippen LogP contribution is -2.35. The van der Waals surface area contributed by atoms with Gasteiger partial charge in [0.05, 0.1) is 6.10 Å². The fourth-order valence-corrected chi connectivity index (χ4v) is 1.60. The summed E-state index contributed by atoms with van der Waals surface area (Å²) in [4.78, 5) is 11.5. The van der Waals surface area contributed by atoms with Gasteiger partial charge >= 0.3 is 5.97 Å². The summed E-state index contributed by atoms with van der Waals surface area (Å²) in [5, 5.41) is 0. The number of esters is 1. The van der Waals surface area contributed by atoms with E-state index >= 15 is 0 Å². The molecule has 2 N–H and O–H groups in total. The van der Waals surface area contributed by atoms with Crippen LogP contribution < -0.4 is 5.73 Å². The van der Waals surface area contributed by atoms with Crippen LogP contribution in [0.4, 0.5) is 0 Å². The third-order valence-electron chi connectivity index (χ3n) is 2.15. The highest BCUT2D eigenvalue weighted by molar-refractivity contribution is 5.75. The van der Waals surface area contributed by atoms with E-state index in [0.717, 1.165) is 6.42 Å². The second kappa shape index (κ2) is 6.83. The van der Waals surface area contributed by atoms with Crippen molar-refractivity contribution in [1.82, 2.24) is 0 Å². The van der Waals surface area contributed by atoms with Gasteiger partial charge in [0.25, 0.3) is 0 Å². The first-order valence-electron chi connectivity index (χ1n) is 5.79. The first-order valence-corrected chi connectivity index (χ1v) is 5.79. The van der Waals surface area contributed by atoms with Gasteiger partial charge in [0, 0.05) is 0 Å². The molecule has 0 rings (SSSR count). The molecule has 3 heteroatoms. The van der Waals surface area contributed by atoms with Crippen LogP contribution in [-0.4, -0.2) is 18.1 Å². The lowest BCUT2D eigenvalue weighted by molar-refractivity contribution is -0.150. The minimum atomic E-state index is -0.473. The summed E-state index contributed by atoms with van der Waals surface area (Å²) in [7, 11) is 0. The summed E-state index contributed by atoms with van der Waals surface area (Å²) in [6, 6.07) is -0.473. The Balaban J connectivity index is 3.90. The van der Waals surface area contributed by atoms with E-state index in [9.17, 15) is 4.79 Å². The number of nitrogens with two attached hydrogens (primary N) is 1. The van der Waals surface area contributed by atoms with Crippen molar-refractivity contribution in [2.45, 2.75) is 59.6 Å². The van der Waals surface area contributed by atoms with Gasteiger partial charge in [-0.15, -0.1) is 0 Å². The van der Waals surface area contributed by atoms with Gasteiger partial charge < -0.3 is 10.5 Å². The van der Waals surface area contributed by atoms with Crippen molar-refractivity contribution >= 4 is 5.97 Å². The molecule has 0 bridgehead atoms. The summed E-state index contributed by atoms with van der Waals surface area (Å²) >= 11 is 0. The molecule has 0 aromatic heterocycles. The van der Waals surface area contributed by atoms with Gasteiger partial charge in [0.1, 0.15) is 6.04 Å². The molecule has 3 nitrogen and oxygen atoms in total. The Morgan fingerprint density at radius 3 is 1.93 bits per heavy atom. The van der Waals surface area contributed by atoms with Gasteiger partial charge in [-0.25, -0.2) is 0 Å². The van der Waals surface area contributed by atoms with E-state index < -0.39 is 6.04 Å². The molecule has 15 heavy (non-hydrogen) atoms. The van der Waals surface area contributed by atoms with Crippen molar-refractivity contribution in [3.8, 4) is 0 Å². The zero-order chi connectivity index (χ0) is 12.0. The van der Waals surface area contributed by atoms with Crippen molar-refractivity contribution in [2.24, 2.45) is 17.6 Å². The van der Waals surface area contributed by atoms with Gasteiger partial charge in [-0.3, -0.25) is 4.79 Å². The Kier molecular flexibility index (Phi) is 6.57. The number of ether oxygens (including phenoxy) is 1. The maximum atomic E-state index is 11.5. The van der Waals surface area contributed by atoms with Gasteiger partial charge in [-0.1, -0.05) is 27.7 Å². The van der Waals surface area contributed by atoms with E-state index in [1.54, 1.807) is 0 Å². The van der Waals surface area contributed by atoms with E-state index in [2.05, 4.69) is 13.8 Å². The molecule has 0 saturated heterocycles. The fraction of sp³-hybridized carbons (Fsp3) is 0.917. The quantitative estimate of drug-likeness (QED) is 0.692. The van der Waals surface area contributed by atoms with Crippen LogP contribution >= 0.6 is 0 Å². The molecule has 0 saturated carbocycles.